The number of nitrogen functional groups attached to an aromatic ring is 1. The largest absolute Gasteiger partial charge is 0.399 e. The smallest absolute Gasteiger partial charge is 0.106 e. The molecule has 3 rings (SSSR count). The van der Waals surface area contributed by atoms with Crippen molar-refractivity contribution in [3.05, 3.63) is 42.0 Å². The second-order valence-corrected chi connectivity index (χ2v) is 4.75. The quantitative estimate of drug-likeness (QED) is 0.727. The van der Waals surface area contributed by atoms with Crippen LogP contribution in [-0.2, 0) is 20.0 Å². The predicted molar refractivity (Wildman–Crippen MR) is 75.8 cm³/mol. The van der Waals surface area contributed by atoms with E-state index in [4.69, 9.17) is 5.73 Å². The standard InChI is InChI=1S/C14H17N5/c1-10-17-13-9-11(15)3-4-14(13)19(10)8-6-12-5-7-16-18(12)2/h3-5,7,9H,6,8,15H2,1-2H3. The zero-order valence-electron chi connectivity index (χ0n) is 11.2. The molecule has 0 amide bonds. The van der Waals surface area contributed by atoms with Crippen LogP contribution in [0.3, 0.4) is 0 Å². The lowest BCUT2D eigenvalue weighted by Crippen LogP contribution is -2.06. The topological polar surface area (TPSA) is 61.7 Å². The zero-order chi connectivity index (χ0) is 13.4. The van der Waals surface area contributed by atoms with Crippen molar-refractivity contribution in [3.63, 3.8) is 0 Å². The van der Waals surface area contributed by atoms with E-state index in [9.17, 15) is 0 Å². The lowest BCUT2D eigenvalue weighted by Gasteiger charge is -2.07. The zero-order valence-corrected chi connectivity index (χ0v) is 11.2. The van der Waals surface area contributed by atoms with Crippen LogP contribution in [0, 0.1) is 6.92 Å². The maximum absolute atomic E-state index is 5.79. The molecule has 0 radical (unpaired) electrons. The minimum absolute atomic E-state index is 0.754. The lowest BCUT2D eigenvalue weighted by molar-refractivity contribution is 0.636. The van der Waals surface area contributed by atoms with Gasteiger partial charge in [-0.1, -0.05) is 0 Å². The highest BCUT2D eigenvalue weighted by Crippen LogP contribution is 2.19. The Hall–Kier alpha value is -2.30. The van der Waals surface area contributed by atoms with Gasteiger partial charge < -0.3 is 10.3 Å². The van der Waals surface area contributed by atoms with Crippen molar-refractivity contribution in [3.8, 4) is 0 Å². The highest BCUT2D eigenvalue weighted by Gasteiger charge is 2.08. The fourth-order valence-corrected chi connectivity index (χ4v) is 2.42. The van der Waals surface area contributed by atoms with E-state index in [1.807, 2.05) is 49.1 Å². The number of nitrogens with two attached hydrogens (primary N) is 1. The number of imidazole rings is 1. The summed E-state index contributed by atoms with van der Waals surface area (Å²) < 4.78 is 4.13. The van der Waals surface area contributed by atoms with E-state index < -0.39 is 0 Å². The number of rotatable bonds is 3. The van der Waals surface area contributed by atoms with Crippen molar-refractivity contribution < 1.29 is 0 Å². The molecule has 98 valence electrons. The van der Waals surface area contributed by atoms with E-state index in [0.29, 0.717) is 0 Å². The van der Waals surface area contributed by atoms with Crippen LogP contribution >= 0.6 is 0 Å². The summed E-state index contributed by atoms with van der Waals surface area (Å²) in [5, 5.41) is 4.19. The summed E-state index contributed by atoms with van der Waals surface area (Å²) >= 11 is 0. The molecule has 0 aliphatic carbocycles. The summed E-state index contributed by atoms with van der Waals surface area (Å²) in [6.45, 7) is 2.92. The van der Waals surface area contributed by atoms with Crippen LogP contribution in [0.25, 0.3) is 11.0 Å². The molecule has 0 bridgehead atoms. The lowest BCUT2D eigenvalue weighted by atomic mass is 10.2. The monoisotopic (exact) mass is 255 g/mol. The molecule has 0 aliphatic heterocycles. The number of fused-ring (bicyclic) bond motifs is 1. The SMILES string of the molecule is Cc1nc2cc(N)ccc2n1CCc1ccnn1C. The van der Waals surface area contributed by atoms with Crippen LogP contribution < -0.4 is 5.73 Å². The Morgan fingerprint density at radius 2 is 2.11 bits per heavy atom. The second-order valence-electron chi connectivity index (χ2n) is 4.75. The van der Waals surface area contributed by atoms with Crippen LogP contribution in [0.1, 0.15) is 11.5 Å². The number of hydrogen-bond acceptors (Lipinski definition) is 3. The minimum atomic E-state index is 0.754. The van der Waals surface area contributed by atoms with Crippen LogP contribution in [0.4, 0.5) is 5.69 Å². The van der Waals surface area contributed by atoms with Gasteiger partial charge in [0.2, 0.25) is 0 Å². The van der Waals surface area contributed by atoms with Crippen LogP contribution in [0.5, 0.6) is 0 Å². The van der Waals surface area contributed by atoms with Crippen molar-refractivity contribution in [2.45, 2.75) is 19.9 Å². The highest BCUT2D eigenvalue weighted by atomic mass is 15.3. The number of benzene rings is 1. The summed E-state index contributed by atoms with van der Waals surface area (Å²) in [5.41, 5.74) is 9.86. The van der Waals surface area contributed by atoms with E-state index in [-0.39, 0.29) is 0 Å². The van der Waals surface area contributed by atoms with E-state index in [1.165, 1.54) is 5.69 Å². The minimum Gasteiger partial charge on any atom is -0.399 e. The third-order valence-corrected chi connectivity index (χ3v) is 3.48. The first-order valence-corrected chi connectivity index (χ1v) is 6.34. The molecule has 0 unspecified atom stereocenters. The third-order valence-electron chi connectivity index (χ3n) is 3.48. The summed E-state index contributed by atoms with van der Waals surface area (Å²) in [6, 6.07) is 7.92. The van der Waals surface area contributed by atoms with E-state index >= 15 is 0 Å². The fourth-order valence-electron chi connectivity index (χ4n) is 2.42. The van der Waals surface area contributed by atoms with Gasteiger partial charge in [-0.05, 0) is 31.2 Å². The molecule has 3 aromatic rings. The van der Waals surface area contributed by atoms with E-state index in [2.05, 4.69) is 14.6 Å². The summed E-state index contributed by atoms with van der Waals surface area (Å²) in [5.74, 6) is 1.02. The van der Waals surface area contributed by atoms with Gasteiger partial charge >= 0.3 is 0 Å². The van der Waals surface area contributed by atoms with Gasteiger partial charge in [0.25, 0.3) is 0 Å². The van der Waals surface area contributed by atoms with Crippen molar-refractivity contribution in [2.75, 3.05) is 5.73 Å². The third kappa shape index (κ3) is 2.07. The summed E-state index contributed by atoms with van der Waals surface area (Å²) in [6.07, 6.45) is 2.77. The molecule has 5 heteroatoms. The van der Waals surface area contributed by atoms with Crippen LogP contribution in [-0.4, -0.2) is 19.3 Å². The molecule has 0 aliphatic rings. The van der Waals surface area contributed by atoms with Gasteiger partial charge in [0.15, 0.2) is 0 Å². The molecule has 5 nitrogen and oxygen atoms in total. The fraction of sp³-hybridized carbons (Fsp3) is 0.286. The average molecular weight is 255 g/mol. The first-order chi connectivity index (χ1) is 9.15. The van der Waals surface area contributed by atoms with Gasteiger partial charge in [-0.3, -0.25) is 4.68 Å². The Morgan fingerprint density at radius 1 is 1.26 bits per heavy atom. The molecule has 0 saturated carbocycles. The normalized spacial score (nSPS) is 11.3. The van der Waals surface area contributed by atoms with Gasteiger partial charge in [0, 0.05) is 37.6 Å². The van der Waals surface area contributed by atoms with Gasteiger partial charge in [0.1, 0.15) is 5.82 Å². The van der Waals surface area contributed by atoms with Crippen molar-refractivity contribution in [2.24, 2.45) is 7.05 Å². The number of nitrogens with zero attached hydrogens (tertiary/aromatic N) is 4. The molecule has 0 atom stereocenters. The summed E-state index contributed by atoms with van der Waals surface area (Å²) in [7, 11) is 1.97. The molecular formula is C14H17N5. The molecule has 0 fully saturated rings. The van der Waals surface area contributed by atoms with Gasteiger partial charge in [-0.2, -0.15) is 5.10 Å². The highest BCUT2D eigenvalue weighted by molar-refractivity contribution is 5.79. The molecule has 19 heavy (non-hydrogen) atoms. The number of hydrogen-bond donors (Lipinski definition) is 1. The Morgan fingerprint density at radius 3 is 2.84 bits per heavy atom. The van der Waals surface area contributed by atoms with Gasteiger partial charge in [-0.25, -0.2) is 4.98 Å². The molecule has 2 aromatic heterocycles. The van der Waals surface area contributed by atoms with Crippen LogP contribution in [0.15, 0.2) is 30.5 Å². The molecular weight excluding hydrogens is 238 g/mol. The summed E-state index contributed by atoms with van der Waals surface area (Å²) in [4.78, 5) is 4.56. The number of anilines is 1. The molecule has 2 heterocycles. The van der Waals surface area contributed by atoms with Crippen molar-refractivity contribution in [1.29, 1.82) is 0 Å². The van der Waals surface area contributed by atoms with E-state index in [1.54, 1.807) is 0 Å². The predicted octanol–water partition coefficient (Wildman–Crippen LogP) is 1.90. The first-order valence-electron chi connectivity index (χ1n) is 6.34. The second kappa shape index (κ2) is 4.42. The Labute approximate surface area is 111 Å². The van der Waals surface area contributed by atoms with E-state index in [0.717, 1.165) is 35.5 Å². The molecule has 0 spiro atoms. The van der Waals surface area contributed by atoms with Crippen molar-refractivity contribution >= 4 is 16.7 Å². The Bertz CT molecular complexity index is 723. The number of aromatic nitrogens is 4. The molecule has 2 N–H and O–H groups in total. The number of aryl methyl sites for hydroxylation is 4. The van der Waals surface area contributed by atoms with Crippen LogP contribution in [0.2, 0.25) is 0 Å². The molecule has 0 saturated heterocycles. The van der Waals surface area contributed by atoms with Gasteiger partial charge in [0.05, 0.1) is 11.0 Å². The Balaban J connectivity index is 1.92. The van der Waals surface area contributed by atoms with Crippen molar-refractivity contribution in [1.82, 2.24) is 19.3 Å². The maximum atomic E-state index is 5.79. The van der Waals surface area contributed by atoms with Gasteiger partial charge in [-0.15, -0.1) is 0 Å². The first kappa shape index (κ1) is 11.8. The maximum Gasteiger partial charge on any atom is 0.106 e. The average Bonchev–Trinajstić information content (AvgIpc) is 2.90. The molecule has 1 aromatic carbocycles. The Kier molecular flexibility index (Phi) is 2.74.